The van der Waals surface area contributed by atoms with E-state index in [9.17, 15) is 4.79 Å². The van der Waals surface area contributed by atoms with Crippen LogP contribution in [0.4, 0.5) is 5.69 Å². The number of halogens is 1. The molecule has 31 heavy (non-hydrogen) atoms. The van der Waals surface area contributed by atoms with Crippen molar-refractivity contribution < 1.29 is 4.79 Å². The molecule has 1 unspecified atom stereocenters. The van der Waals surface area contributed by atoms with Gasteiger partial charge in [0.15, 0.2) is 0 Å². The summed E-state index contributed by atoms with van der Waals surface area (Å²) in [6.07, 6.45) is 2.98. The monoisotopic (exact) mass is 447 g/mol. The Labute approximate surface area is 190 Å². The maximum absolute atomic E-state index is 12.8. The Bertz CT molecular complexity index is 1270. The van der Waals surface area contributed by atoms with E-state index in [1.807, 2.05) is 24.3 Å². The molecule has 0 spiro atoms. The molecule has 156 valence electrons. The zero-order chi connectivity index (χ0) is 21.4. The average molecular weight is 448 g/mol. The van der Waals surface area contributed by atoms with Gasteiger partial charge in [-0.15, -0.1) is 11.3 Å². The highest BCUT2D eigenvalue weighted by Gasteiger charge is 2.24. The van der Waals surface area contributed by atoms with E-state index in [4.69, 9.17) is 22.3 Å². The number of aromatic nitrogens is 1. The number of rotatable bonds is 4. The molecule has 1 amide bonds. The van der Waals surface area contributed by atoms with Crippen LogP contribution in [0.2, 0.25) is 5.02 Å². The van der Waals surface area contributed by atoms with Crippen molar-refractivity contribution in [2.24, 2.45) is 0 Å². The number of nitrogens with two attached hydrogens (primary N) is 1. The van der Waals surface area contributed by atoms with Gasteiger partial charge < -0.3 is 11.1 Å². The zero-order valence-electron chi connectivity index (χ0n) is 16.9. The molecule has 4 aromatic rings. The molecule has 0 radical (unpaired) electrons. The molecule has 2 aromatic carbocycles. The van der Waals surface area contributed by atoms with Crippen LogP contribution in [0.25, 0.3) is 10.2 Å². The first kappa shape index (κ1) is 20.0. The summed E-state index contributed by atoms with van der Waals surface area (Å²) in [6.45, 7) is 0.356. The second-order valence-corrected chi connectivity index (χ2v) is 9.32. The van der Waals surface area contributed by atoms with E-state index in [-0.39, 0.29) is 5.91 Å². The van der Waals surface area contributed by atoms with E-state index in [2.05, 4.69) is 41.7 Å². The molecule has 0 fully saturated rings. The smallest absolute Gasteiger partial charge is 0.263 e. The lowest BCUT2D eigenvalue weighted by Gasteiger charge is -2.24. The fourth-order valence-electron chi connectivity index (χ4n) is 4.27. The number of carbonyl (C=O) groups is 1. The second kappa shape index (κ2) is 8.33. The van der Waals surface area contributed by atoms with E-state index in [0.29, 0.717) is 28.0 Å². The molecule has 0 bridgehead atoms. The van der Waals surface area contributed by atoms with Gasteiger partial charge in [0.05, 0.1) is 5.69 Å². The predicted molar refractivity (Wildman–Crippen MR) is 128 cm³/mol. The SMILES string of the molecule is Nc1c(C(=O)NCc2ccccc2Cl)sc2nc3c(cc12)CC(c1ccccc1)CC3. The number of nitrogen functional groups attached to an aromatic ring is 1. The average Bonchev–Trinajstić information content (AvgIpc) is 3.12. The van der Waals surface area contributed by atoms with Gasteiger partial charge in [-0.05, 0) is 54.0 Å². The Morgan fingerprint density at radius 2 is 1.94 bits per heavy atom. The third-order valence-corrected chi connectivity index (χ3v) is 7.44. The summed E-state index contributed by atoms with van der Waals surface area (Å²) in [5, 5.41) is 4.44. The van der Waals surface area contributed by atoms with Crippen LogP contribution in [0.3, 0.4) is 0 Å². The van der Waals surface area contributed by atoms with Crippen LogP contribution in [-0.4, -0.2) is 10.9 Å². The van der Waals surface area contributed by atoms with Crippen LogP contribution >= 0.6 is 22.9 Å². The largest absolute Gasteiger partial charge is 0.397 e. The molecule has 0 saturated carbocycles. The summed E-state index contributed by atoms with van der Waals surface area (Å²) >= 11 is 7.55. The quantitative estimate of drug-likeness (QED) is 0.419. The number of nitrogens with one attached hydrogen (secondary N) is 1. The normalized spacial score (nSPS) is 15.6. The van der Waals surface area contributed by atoms with Crippen molar-refractivity contribution in [3.8, 4) is 0 Å². The first-order chi connectivity index (χ1) is 15.1. The van der Waals surface area contributed by atoms with Gasteiger partial charge in [-0.3, -0.25) is 4.79 Å². The van der Waals surface area contributed by atoms with Crippen LogP contribution in [0.5, 0.6) is 0 Å². The van der Waals surface area contributed by atoms with Crippen LogP contribution in [-0.2, 0) is 19.4 Å². The van der Waals surface area contributed by atoms with Crippen molar-refractivity contribution >= 4 is 44.7 Å². The fourth-order valence-corrected chi connectivity index (χ4v) is 5.48. The maximum atomic E-state index is 12.8. The van der Waals surface area contributed by atoms with Crippen molar-refractivity contribution in [3.63, 3.8) is 0 Å². The maximum Gasteiger partial charge on any atom is 0.263 e. The Morgan fingerprint density at radius 1 is 1.16 bits per heavy atom. The zero-order valence-corrected chi connectivity index (χ0v) is 18.5. The summed E-state index contributed by atoms with van der Waals surface area (Å²) in [5.74, 6) is 0.298. The van der Waals surface area contributed by atoms with Crippen molar-refractivity contribution in [3.05, 3.63) is 92.9 Å². The van der Waals surface area contributed by atoms with Crippen LogP contribution in [0.1, 0.15) is 44.4 Å². The number of carbonyl (C=O) groups excluding carboxylic acids is 1. The number of benzene rings is 2. The van der Waals surface area contributed by atoms with E-state index >= 15 is 0 Å². The molecule has 0 aliphatic heterocycles. The van der Waals surface area contributed by atoms with E-state index < -0.39 is 0 Å². The number of pyridine rings is 1. The van der Waals surface area contributed by atoms with E-state index in [0.717, 1.165) is 40.7 Å². The minimum absolute atomic E-state index is 0.194. The van der Waals surface area contributed by atoms with Gasteiger partial charge in [0.2, 0.25) is 0 Å². The van der Waals surface area contributed by atoms with Crippen LogP contribution < -0.4 is 11.1 Å². The van der Waals surface area contributed by atoms with Gasteiger partial charge in [-0.1, -0.05) is 60.1 Å². The summed E-state index contributed by atoms with van der Waals surface area (Å²) in [5.41, 5.74) is 11.5. The summed E-state index contributed by atoms with van der Waals surface area (Å²) in [6, 6.07) is 20.3. The predicted octanol–water partition coefficient (Wildman–Crippen LogP) is 5.73. The van der Waals surface area contributed by atoms with Gasteiger partial charge in [-0.2, -0.15) is 0 Å². The van der Waals surface area contributed by atoms with Crippen LogP contribution in [0.15, 0.2) is 60.7 Å². The molecule has 6 heteroatoms. The number of thiophene rings is 1. The summed E-state index contributed by atoms with van der Waals surface area (Å²) < 4.78 is 0. The molecular formula is C25H22ClN3OS. The minimum atomic E-state index is -0.194. The molecule has 0 saturated heterocycles. The number of fused-ring (bicyclic) bond motifs is 2. The fraction of sp³-hybridized carbons (Fsp3) is 0.200. The molecule has 2 aromatic heterocycles. The Hall–Kier alpha value is -2.89. The molecule has 1 atom stereocenters. The number of hydrogen-bond donors (Lipinski definition) is 2. The first-order valence-corrected chi connectivity index (χ1v) is 11.6. The van der Waals surface area contributed by atoms with Crippen molar-refractivity contribution in [2.75, 3.05) is 5.73 Å². The molecular weight excluding hydrogens is 426 g/mol. The highest BCUT2D eigenvalue weighted by Crippen LogP contribution is 2.38. The number of amides is 1. The number of aryl methyl sites for hydroxylation is 1. The number of nitrogens with zero attached hydrogens (tertiary/aromatic N) is 1. The summed E-state index contributed by atoms with van der Waals surface area (Å²) in [4.78, 5) is 19.0. The lowest BCUT2D eigenvalue weighted by atomic mass is 9.82. The van der Waals surface area contributed by atoms with E-state index in [1.165, 1.54) is 22.5 Å². The summed E-state index contributed by atoms with van der Waals surface area (Å²) in [7, 11) is 0. The van der Waals surface area contributed by atoms with Gasteiger partial charge >= 0.3 is 0 Å². The number of hydrogen-bond acceptors (Lipinski definition) is 4. The Kier molecular flexibility index (Phi) is 5.38. The Morgan fingerprint density at radius 3 is 2.74 bits per heavy atom. The van der Waals surface area contributed by atoms with Crippen molar-refractivity contribution in [1.29, 1.82) is 0 Å². The minimum Gasteiger partial charge on any atom is -0.397 e. The molecule has 2 heterocycles. The molecule has 4 nitrogen and oxygen atoms in total. The highest BCUT2D eigenvalue weighted by molar-refractivity contribution is 7.21. The second-order valence-electron chi connectivity index (χ2n) is 7.92. The lowest BCUT2D eigenvalue weighted by Crippen LogP contribution is -2.22. The highest BCUT2D eigenvalue weighted by atomic mass is 35.5. The molecule has 1 aliphatic rings. The van der Waals surface area contributed by atoms with Gasteiger partial charge in [0.1, 0.15) is 9.71 Å². The third-order valence-electron chi connectivity index (χ3n) is 5.96. The first-order valence-electron chi connectivity index (χ1n) is 10.4. The van der Waals surface area contributed by atoms with E-state index in [1.54, 1.807) is 0 Å². The molecule has 3 N–H and O–H groups in total. The van der Waals surface area contributed by atoms with Crippen molar-refractivity contribution in [2.45, 2.75) is 31.7 Å². The molecule has 5 rings (SSSR count). The van der Waals surface area contributed by atoms with Gasteiger partial charge in [0, 0.05) is 22.6 Å². The lowest BCUT2D eigenvalue weighted by molar-refractivity contribution is 0.0956. The standard InChI is InChI=1S/C25H22ClN3OS/c26-20-9-5-4-8-17(20)14-28-24(30)23-22(27)19-13-18-12-16(15-6-2-1-3-7-15)10-11-21(18)29-25(19)31-23/h1-9,13,16H,10-12,14,27H2,(H,28,30). The Balaban J connectivity index is 1.40. The van der Waals surface area contributed by atoms with Crippen molar-refractivity contribution in [1.82, 2.24) is 10.3 Å². The van der Waals surface area contributed by atoms with Crippen LogP contribution in [0, 0.1) is 0 Å². The number of anilines is 1. The third kappa shape index (κ3) is 3.91. The van der Waals surface area contributed by atoms with Gasteiger partial charge in [-0.25, -0.2) is 4.98 Å². The van der Waals surface area contributed by atoms with Gasteiger partial charge in [0.25, 0.3) is 5.91 Å². The molecule has 1 aliphatic carbocycles. The topological polar surface area (TPSA) is 68.0 Å².